The fraction of sp³-hybridized carbons (Fsp3) is 0.304. The summed E-state index contributed by atoms with van der Waals surface area (Å²) in [5.74, 6) is 0.940. The molecule has 4 aromatic rings. The number of piperazine rings is 1. The van der Waals surface area contributed by atoms with Crippen LogP contribution >= 0.6 is 0 Å². The zero-order valence-electron chi connectivity index (χ0n) is 17.9. The van der Waals surface area contributed by atoms with Crippen molar-refractivity contribution in [1.82, 2.24) is 19.9 Å². The number of H-pyrrole nitrogens is 1. The minimum atomic E-state index is -3.72. The fourth-order valence-corrected chi connectivity index (χ4v) is 4.93. The van der Waals surface area contributed by atoms with E-state index in [-0.39, 0.29) is 11.5 Å². The van der Waals surface area contributed by atoms with Gasteiger partial charge in [0.25, 0.3) is 10.1 Å². The van der Waals surface area contributed by atoms with E-state index >= 15 is 0 Å². The molecule has 1 aliphatic rings. The molecular weight excluding hydrogens is 426 g/mol. The Bertz CT molecular complexity index is 1340. The van der Waals surface area contributed by atoms with Crippen molar-refractivity contribution in [2.45, 2.75) is 11.8 Å². The molecule has 9 heteroatoms. The first-order valence-electron chi connectivity index (χ1n) is 10.7. The third kappa shape index (κ3) is 4.19. The van der Waals surface area contributed by atoms with Gasteiger partial charge < -0.3 is 9.88 Å². The Morgan fingerprint density at radius 1 is 1.00 bits per heavy atom. The summed E-state index contributed by atoms with van der Waals surface area (Å²) in [5, 5.41) is 2.15. The Hall–Kier alpha value is -3.01. The molecule has 0 unspecified atom stereocenters. The maximum Gasteiger partial charge on any atom is 0.297 e. The highest BCUT2D eigenvalue weighted by molar-refractivity contribution is 7.86. The van der Waals surface area contributed by atoms with Crippen molar-refractivity contribution in [3.8, 4) is 0 Å². The number of fused-ring (bicyclic) bond motifs is 3. The third-order valence-electron chi connectivity index (χ3n) is 5.90. The Balaban J connectivity index is 1.16. The van der Waals surface area contributed by atoms with Gasteiger partial charge in [0, 0.05) is 55.9 Å². The van der Waals surface area contributed by atoms with Crippen molar-refractivity contribution < 1.29 is 12.6 Å². The van der Waals surface area contributed by atoms with Gasteiger partial charge in [-0.25, -0.2) is 4.98 Å². The molecule has 1 aliphatic heterocycles. The van der Waals surface area contributed by atoms with Gasteiger partial charge in [0.15, 0.2) is 0 Å². The molecule has 0 aliphatic carbocycles. The van der Waals surface area contributed by atoms with Gasteiger partial charge >= 0.3 is 0 Å². The van der Waals surface area contributed by atoms with Crippen LogP contribution in [0.15, 0.2) is 59.8 Å². The van der Waals surface area contributed by atoms with Crippen LogP contribution in [0.25, 0.3) is 21.9 Å². The number of aromatic amines is 1. The molecule has 0 saturated carbocycles. The van der Waals surface area contributed by atoms with Gasteiger partial charge in [-0.2, -0.15) is 8.42 Å². The third-order valence-corrected chi connectivity index (χ3v) is 7.22. The van der Waals surface area contributed by atoms with E-state index in [2.05, 4.69) is 31.9 Å². The standard InChI is InChI=1S/C23H25N5O3S/c1-17-2-4-18(5-3-17)32(29,30)31-15-14-27-10-12-28(13-11-27)22-7-6-19-20-16-24-9-8-21(20)25-23(19)26-22/h2-9,16H,10-15H2,1H3,(H,25,26). The molecule has 166 valence electrons. The lowest BCUT2D eigenvalue weighted by Gasteiger charge is -2.35. The molecule has 1 aromatic carbocycles. The highest BCUT2D eigenvalue weighted by Gasteiger charge is 2.20. The topological polar surface area (TPSA) is 91.4 Å². The van der Waals surface area contributed by atoms with Crippen molar-refractivity contribution in [2.75, 3.05) is 44.2 Å². The highest BCUT2D eigenvalue weighted by Crippen LogP contribution is 2.26. The molecule has 0 atom stereocenters. The summed E-state index contributed by atoms with van der Waals surface area (Å²) in [4.78, 5) is 17.0. The summed E-state index contributed by atoms with van der Waals surface area (Å²) in [6.07, 6.45) is 3.63. The van der Waals surface area contributed by atoms with Crippen LogP contribution in [-0.4, -0.2) is 67.6 Å². The number of pyridine rings is 2. The highest BCUT2D eigenvalue weighted by atomic mass is 32.2. The number of hydrogen-bond donors (Lipinski definition) is 1. The first-order chi connectivity index (χ1) is 15.5. The van der Waals surface area contributed by atoms with Crippen molar-refractivity contribution in [2.24, 2.45) is 0 Å². The minimum absolute atomic E-state index is 0.142. The van der Waals surface area contributed by atoms with Gasteiger partial charge in [-0.05, 0) is 37.3 Å². The molecule has 1 saturated heterocycles. The van der Waals surface area contributed by atoms with E-state index in [0.29, 0.717) is 6.54 Å². The summed E-state index contributed by atoms with van der Waals surface area (Å²) in [5.41, 5.74) is 2.91. The van der Waals surface area contributed by atoms with Crippen LogP contribution in [0.2, 0.25) is 0 Å². The Labute approximate surface area is 187 Å². The second-order valence-electron chi connectivity index (χ2n) is 8.03. The van der Waals surface area contributed by atoms with E-state index in [1.165, 1.54) is 0 Å². The van der Waals surface area contributed by atoms with Gasteiger partial charge in [0.1, 0.15) is 11.5 Å². The summed E-state index contributed by atoms with van der Waals surface area (Å²) in [6, 6.07) is 12.8. The van der Waals surface area contributed by atoms with Gasteiger partial charge in [-0.3, -0.25) is 14.1 Å². The molecule has 3 aromatic heterocycles. The molecule has 1 fully saturated rings. The Morgan fingerprint density at radius 3 is 2.56 bits per heavy atom. The monoisotopic (exact) mass is 451 g/mol. The van der Waals surface area contributed by atoms with Crippen molar-refractivity contribution in [3.05, 3.63) is 60.4 Å². The number of rotatable bonds is 6. The van der Waals surface area contributed by atoms with Crippen molar-refractivity contribution in [1.29, 1.82) is 0 Å². The van der Waals surface area contributed by atoms with Crippen LogP contribution in [0.3, 0.4) is 0 Å². The average Bonchev–Trinajstić information content (AvgIpc) is 3.17. The number of aromatic nitrogens is 3. The Morgan fingerprint density at radius 2 is 1.78 bits per heavy atom. The van der Waals surface area contributed by atoms with E-state index in [1.807, 2.05) is 19.2 Å². The van der Waals surface area contributed by atoms with Gasteiger partial charge in [-0.1, -0.05) is 17.7 Å². The molecule has 8 nitrogen and oxygen atoms in total. The number of aryl methyl sites for hydroxylation is 1. The minimum Gasteiger partial charge on any atom is -0.354 e. The molecular formula is C23H25N5O3S. The normalized spacial score (nSPS) is 15.6. The van der Waals surface area contributed by atoms with Crippen LogP contribution in [0.5, 0.6) is 0 Å². The predicted molar refractivity (Wildman–Crippen MR) is 124 cm³/mol. The van der Waals surface area contributed by atoms with E-state index in [4.69, 9.17) is 9.17 Å². The van der Waals surface area contributed by atoms with Crippen LogP contribution in [0.4, 0.5) is 5.82 Å². The van der Waals surface area contributed by atoms with Crippen molar-refractivity contribution >= 4 is 37.9 Å². The SMILES string of the molecule is Cc1ccc(S(=O)(=O)OCCN2CCN(c3ccc4c(n3)[nH]c3ccncc34)CC2)cc1. The lowest BCUT2D eigenvalue weighted by molar-refractivity contribution is 0.203. The van der Waals surface area contributed by atoms with Gasteiger partial charge in [0.05, 0.1) is 17.0 Å². The first kappa shape index (κ1) is 20.9. The molecule has 1 N–H and O–H groups in total. The molecule has 32 heavy (non-hydrogen) atoms. The van der Waals surface area contributed by atoms with Gasteiger partial charge in [-0.15, -0.1) is 0 Å². The lowest BCUT2D eigenvalue weighted by Crippen LogP contribution is -2.47. The van der Waals surface area contributed by atoms with Crippen LogP contribution in [-0.2, 0) is 14.3 Å². The van der Waals surface area contributed by atoms with E-state index in [0.717, 1.165) is 59.5 Å². The van der Waals surface area contributed by atoms with Crippen LogP contribution in [0.1, 0.15) is 5.56 Å². The predicted octanol–water partition coefficient (Wildman–Crippen LogP) is 2.95. The first-order valence-corrected chi connectivity index (χ1v) is 12.1. The van der Waals surface area contributed by atoms with E-state index in [1.54, 1.807) is 30.5 Å². The molecule has 0 bridgehead atoms. The number of hydrogen-bond acceptors (Lipinski definition) is 7. The zero-order valence-corrected chi connectivity index (χ0v) is 18.7. The maximum absolute atomic E-state index is 12.3. The Kier molecular flexibility index (Phi) is 5.54. The smallest absolute Gasteiger partial charge is 0.297 e. The summed E-state index contributed by atoms with van der Waals surface area (Å²) in [6.45, 7) is 5.93. The molecule has 4 heterocycles. The number of benzene rings is 1. The summed E-state index contributed by atoms with van der Waals surface area (Å²) >= 11 is 0. The molecule has 5 rings (SSSR count). The van der Waals surface area contributed by atoms with Gasteiger partial charge in [0.2, 0.25) is 0 Å². The van der Waals surface area contributed by atoms with Crippen molar-refractivity contribution in [3.63, 3.8) is 0 Å². The largest absolute Gasteiger partial charge is 0.354 e. The van der Waals surface area contributed by atoms with E-state index in [9.17, 15) is 8.42 Å². The summed E-state index contributed by atoms with van der Waals surface area (Å²) in [7, 11) is -3.72. The second-order valence-corrected chi connectivity index (χ2v) is 9.65. The maximum atomic E-state index is 12.3. The summed E-state index contributed by atoms with van der Waals surface area (Å²) < 4.78 is 29.9. The number of nitrogens with zero attached hydrogens (tertiary/aromatic N) is 4. The lowest BCUT2D eigenvalue weighted by atomic mass is 10.2. The van der Waals surface area contributed by atoms with E-state index < -0.39 is 10.1 Å². The quantitative estimate of drug-likeness (QED) is 0.451. The average molecular weight is 452 g/mol. The molecule has 0 radical (unpaired) electrons. The zero-order chi connectivity index (χ0) is 22.1. The van der Waals surface area contributed by atoms with Crippen LogP contribution in [0, 0.1) is 6.92 Å². The fourth-order valence-electron chi connectivity index (χ4n) is 4.03. The molecule has 0 spiro atoms. The number of nitrogens with one attached hydrogen (secondary N) is 1. The second kappa shape index (κ2) is 8.50. The van der Waals surface area contributed by atoms with Crippen LogP contribution < -0.4 is 4.90 Å². The number of anilines is 1. The molecule has 0 amide bonds.